The molecule has 0 aromatic heterocycles. The van der Waals surface area contributed by atoms with Crippen LogP contribution in [0.15, 0.2) is 42.5 Å². The minimum absolute atomic E-state index is 0.0339. The largest absolute Gasteiger partial charge is 0.483 e. The SMILES string of the molecule is Cc1ccc(C)c(OCC(=O)N2CCN(c3cccc(Cl)c3)CC2)c1. The van der Waals surface area contributed by atoms with Gasteiger partial charge in [0, 0.05) is 36.9 Å². The molecule has 1 heterocycles. The van der Waals surface area contributed by atoms with Crippen molar-refractivity contribution in [3.05, 3.63) is 58.6 Å². The normalized spacial score (nSPS) is 14.5. The number of ether oxygens (including phenoxy) is 1. The Morgan fingerprint density at radius 2 is 1.84 bits per heavy atom. The van der Waals surface area contributed by atoms with Gasteiger partial charge in [-0.25, -0.2) is 0 Å². The van der Waals surface area contributed by atoms with Crippen LogP contribution in [0.3, 0.4) is 0 Å². The topological polar surface area (TPSA) is 32.8 Å². The number of carbonyl (C=O) groups excluding carboxylic acids is 1. The van der Waals surface area contributed by atoms with Gasteiger partial charge in [0.1, 0.15) is 5.75 Å². The maximum absolute atomic E-state index is 12.4. The number of anilines is 1. The van der Waals surface area contributed by atoms with Gasteiger partial charge in [0.15, 0.2) is 6.61 Å². The molecule has 0 atom stereocenters. The Balaban J connectivity index is 1.52. The molecule has 0 saturated carbocycles. The van der Waals surface area contributed by atoms with Crippen LogP contribution in [-0.4, -0.2) is 43.6 Å². The summed E-state index contributed by atoms with van der Waals surface area (Å²) in [7, 11) is 0. The van der Waals surface area contributed by atoms with Gasteiger partial charge >= 0.3 is 0 Å². The van der Waals surface area contributed by atoms with Gasteiger partial charge in [0.2, 0.25) is 0 Å². The highest BCUT2D eigenvalue weighted by molar-refractivity contribution is 6.30. The third-order valence-corrected chi connectivity index (χ3v) is 4.74. The molecule has 0 bridgehead atoms. The van der Waals surface area contributed by atoms with Crippen molar-refractivity contribution in [3.8, 4) is 5.75 Å². The molecule has 3 rings (SSSR count). The van der Waals surface area contributed by atoms with E-state index in [2.05, 4.69) is 4.90 Å². The number of hydrogen-bond donors (Lipinski definition) is 0. The first-order valence-electron chi connectivity index (χ1n) is 8.51. The van der Waals surface area contributed by atoms with E-state index in [0.717, 1.165) is 40.7 Å². The molecular formula is C20H23ClN2O2. The van der Waals surface area contributed by atoms with Gasteiger partial charge in [-0.1, -0.05) is 29.8 Å². The summed E-state index contributed by atoms with van der Waals surface area (Å²) < 4.78 is 5.74. The van der Waals surface area contributed by atoms with E-state index in [-0.39, 0.29) is 12.5 Å². The summed E-state index contributed by atoms with van der Waals surface area (Å²) in [4.78, 5) is 16.5. The van der Waals surface area contributed by atoms with Crippen LogP contribution in [0, 0.1) is 13.8 Å². The molecule has 1 aliphatic rings. The van der Waals surface area contributed by atoms with Crippen molar-refractivity contribution < 1.29 is 9.53 Å². The first-order chi connectivity index (χ1) is 12.0. The van der Waals surface area contributed by atoms with Gasteiger partial charge in [-0.3, -0.25) is 4.79 Å². The molecule has 1 aliphatic heterocycles. The molecular weight excluding hydrogens is 336 g/mol. The summed E-state index contributed by atoms with van der Waals surface area (Å²) in [5.74, 6) is 0.817. The van der Waals surface area contributed by atoms with Crippen LogP contribution in [0.25, 0.3) is 0 Å². The molecule has 1 saturated heterocycles. The highest BCUT2D eigenvalue weighted by Crippen LogP contribution is 2.21. The molecule has 0 radical (unpaired) electrons. The Labute approximate surface area is 154 Å². The minimum Gasteiger partial charge on any atom is -0.483 e. The molecule has 0 unspecified atom stereocenters. The van der Waals surface area contributed by atoms with Gasteiger partial charge < -0.3 is 14.5 Å². The summed E-state index contributed by atoms with van der Waals surface area (Å²) in [6.07, 6.45) is 0. The van der Waals surface area contributed by atoms with E-state index < -0.39 is 0 Å². The van der Waals surface area contributed by atoms with Crippen molar-refractivity contribution in [1.29, 1.82) is 0 Å². The van der Waals surface area contributed by atoms with E-state index in [1.54, 1.807) is 0 Å². The highest BCUT2D eigenvalue weighted by atomic mass is 35.5. The van der Waals surface area contributed by atoms with Gasteiger partial charge in [0.25, 0.3) is 5.91 Å². The van der Waals surface area contributed by atoms with Crippen molar-refractivity contribution in [3.63, 3.8) is 0 Å². The number of benzene rings is 2. The third kappa shape index (κ3) is 4.45. The molecule has 0 spiro atoms. The van der Waals surface area contributed by atoms with Crippen LogP contribution in [-0.2, 0) is 4.79 Å². The lowest BCUT2D eigenvalue weighted by atomic mass is 10.1. The Morgan fingerprint density at radius 1 is 1.08 bits per heavy atom. The van der Waals surface area contributed by atoms with E-state index in [4.69, 9.17) is 16.3 Å². The fourth-order valence-corrected chi connectivity index (χ4v) is 3.16. The molecule has 2 aromatic rings. The predicted molar refractivity (Wildman–Crippen MR) is 102 cm³/mol. The van der Waals surface area contributed by atoms with E-state index in [1.165, 1.54) is 0 Å². The standard InChI is InChI=1S/C20H23ClN2O2/c1-15-6-7-16(2)19(12-15)25-14-20(24)23-10-8-22(9-11-23)18-5-3-4-17(21)13-18/h3-7,12-13H,8-11,14H2,1-2H3. The van der Waals surface area contributed by atoms with Crippen LogP contribution in [0.2, 0.25) is 5.02 Å². The maximum atomic E-state index is 12.4. The lowest BCUT2D eigenvalue weighted by molar-refractivity contribution is -0.133. The summed E-state index contributed by atoms with van der Waals surface area (Å²) in [5.41, 5.74) is 3.28. The zero-order valence-electron chi connectivity index (χ0n) is 14.7. The summed E-state index contributed by atoms with van der Waals surface area (Å²) >= 11 is 6.06. The zero-order chi connectivity index (χ0) is 17.8. The number of aryl methyl sites for hydroxylation is 2. The zero-order valence-corrected chi connectivity index (χ0v) is 15.4. The molecule has 25 heavy (non-hydrogen) atoms. The Kier molecular flexibility index (Phi) is 5.49. The first-order valence-corrected chi connectivity index (χ1v) is 8.89. The number of carbonyl (C=O) groups is 1. The number of amides is 1. The van der Waals surface area contributed by atoms with Crippen molar-refractivity contribution in [1.82, 2.24) is 4.90 Å². The Bertz CT molecular complexity index is 755. The second-order valence-electron chi connectivity index (χ2n) is 6.41. The maximum Gasteiger partial charge on any atom is 0.260 e. The van der Waals surface area contributed by atoms with Gasteiger partial charge in [-0.05, 0) is 49.2 Å². The average Bonchev–Trinajstić information content (AvgIpc) is 2.62. The third-order valence-electron chi connectivity index (χ3n) is 4.50. The Morgan fingerprint density at radius 3 is 2.56 bits per heavy atom. The summed E-state index contributed by atoms with van der Waals surface area (Å²) in [6.45, 7) is 7.09. The van der Waals surface area contributed by atoms with Crippen LogP contribution < -0.4 is 9.64 Å². The molecule has 0 N–H and O–H groups in total. The number of nitrogens with zero attached hydrogens (tertiary/aromatic N) is 2. The molecule has 132 valence electrons. The predicted octanol–water partition coefficient (Wildman–Crippen LogP) is 3.68. The highest BCUT2D eigenvalue weighted by Gasteiger charge is 2.21. The van der Waals surface area contributed by atoms with Crippen LogP contribution >= 0.6 is 11.6 Å². The average molecular weight is 359 g/mol. The fraction of sp³-hybridized carbons (Fsp3) is 0.350. The molecule has 0 aliphatic carbocycles. The molecule has 1 amide bonds. The monoisotopic (exact) mass is 358 g/mol. The van der Waals surface area contributed by atoms with Crippen molar-refractivity contribution in [2.45, 2.75) is 13.8 Å². The van der Waals surface area contributed by atoms with Crippen molar-refractivity contribution >= 4 is 23.2 Å². The van der Waals surface area contributed by atoms with E-state index >= 15 is 0 Å². The van der Waals surface area contributed by atoms with Crippen LogP contribution in [0.1, 0.15) is 11.1 Å². The number of piperazine rings is 1. The van der Waals surface area contributed by atoms with Crippen LogP contribution in [0.5, 0.6) is 5.75 Å². The molecule has 5 heteroatoms. The second kappa shape index (κ2) is 7.79. The summed E-state index contributed by atoms with van der Waals surface area (Å²) in [5, 5.41) is 0.734. The first kappa shape index (κ1) is 17.6. The lowest BCUT2D eigenvalue weighted by Crippen LogP contribution is -2.50. The number of hydrogen-bond acceptors (Lipinski definition) is 3. The number of rotatable bonds is 4. The number of halogens is 1. The fourth-order valence-electron chi connectivity index (χ4n) is 2.98. The van der Waals surface area contributed by atoms with Gasteiger partial charge in [-0.2, -0.15) is 0 Å². The molecule has 2 aromatic carbocycles. The Hall–Kier alpha value is -2.20. The minimum atomic E-state index is 0.0339. The second-order valence-corrected chi connectivity index (χ2v) is 6.84. The molecule has 1 fully saturated rings. The van der Waals surface area contributed by atoms with Crippen LogP contribution in [0.4, 0.5) is 5.69 Å². The quantitative estimate of drug-likeness (QED) is 0.835. The van der Waals surface area contributed by atoms with E-state index in [1.807, 2.05) is 61.2 Å². The van der Waals surface area contributed by atoms with E-state index in [0.29, 0.717) is 13.1 Å². The van der Waals surface area contributed by atoms with Gasteiger partial charge in [0.05, 0.1) is 0 Å². The van der Waals surface area contributed by atoms with Crippen molar-refractivity contribution in [2.24, 2.45) is 0 Å². The van der Waals surface area contributed by atoms with E-state index in [9.17, 15) is 4.79 Å². The molecule has 4 nitrogen and oxygen atoms in total. The lowest BCUT2D eigenvalue weighted by Gasteiger charge is -2.36. The van der Waals surface area contributed by atoms with Gasteiger partial charge in [-0.15, -0.1) is 0 Å². The van der Waals surface area contributed by atoms with Crippen molar-refractivity contribution in [2.75, 3.05) is 37.7 Å². The summed E-state index contributed by atoms with van der Waals surface area (Å²) in [6, 6.07) is 13.9. The smallest absolute Gasteiger partial charge is 0.260 e.